The summed E-state index contributed by atoms with van der Waals surface area (Å²) in [6.45, 7) is 2.61. The Kier molecular flexibility index (Phi) is 3.73. The topological polar surface area (TPSA) is 93.7 Å². The average Bonchev–Trinajstić information content (AvgIpc) is 2.81. The van der Waals surface area contributed by atoms with Crippen LogP contribution in [-0.2, 0) is 20.0 Å². The highest BCUT2D eigenvalue weighted by Gasteiger charge is 2.03. The highest BCUT2D eigenvalue weighted by molar-refractivity contribution is 5.46. The van der Waals surface area contributed by atoms with Gasteiger partial charge in [-0.25, -0.2) is 15.8 Å². The summed E-state index contributed by atoms with van der Waals surface area (Å²) in [6.07, 6.45) is 2.66. The fourth-order valence-corrected chi connectivity index (χ4v) is 1.56. The van der Waals surface area contributed by atoms with Crippen LogP contribution in [0, 0.1) is 0 Å². The molecule has 0 saturated carbocycles. The first-order valence-corrected chi connectivity index (χ1v) is 5.78. The molecular weight excluding hydrogens is 230 g/mol. The number of aromatic nitrogens is 4. The Hall–Kier alpha value is -2.15. The third-order valence-electron chi connectivity index (χ3n) is 2.46. The van der Waals surface area contributed by atoms with Crippen LogP contribution in [0.4, 0.5) is 11.6 Å². The molecule has 0 aromatic carbocycles. The molecule has 0 bridgehead atoms. The minimum Gasteiger partial charge on any atom is -0.364 e. The van der Waals surface area contributed by atoms with E-state index in [1.54, 1.807) is 10.7 Å². The molecule has 0 aliphatic rings. The monoisotopic (exact) mass is 247 g/mol. The summed E-state index contributed by atoms with van der Waals surface area (Å²) in [5, 5.41) is 7.48. The van der Waals surface area contributed by atoms with Crippen molar-refractivity contribution in [1.29, 1.82) is 0 Å². The molecule has 18 heavy (non-hydrogen) atoms. The molecule has 2 rings (SSSR count). The van der Waals surface area contributed by atoms with Gasteiger partial charge < -0.3 is 10.7 Å². The van der Waals surface area contributed by atoms with Crippen LogP contribution in [0.25, 0.3) is 0 Å². The minimum absolute atomic E-state index is 0.602. The van der Waals surface area contributed by atoms with Crippen LogP contribution in [0.3, 0.4) is 0 Å². The lowest BCUT2D eigenvalue weighted by atomic mass is 10.4. The molecule has 0 spiro atoms. The van der Waals surface area contributed by atoms with Gasteiger partial charge in [-0.3, -0.25) is 4.68 Å². The van der Waals surface area contributed by atoms with Gasteiger partial charge in [0.1, 0.15) is 17.5 Å². The molecule has 7 heteroatoms. The largest absolute Gasteiger partial charge is 0.364 e. The first-order valence-electron chi connectivity index (χ1n) is 5.78. The lowest BCUT2D eigenvalue weighted by molar-refractivity contribution is 0.746. The standard InChI is InChI=1S/C11H17N7/c1-3-9-14-10(6-11(15-9)16-12)13-7-8-4-5-18(2)17-8/h4-6H,3,7,12H2,1-2H3,(H2,13,14,15,16). The van der Waals surface area contributed by atoms with E-state index in [0.717, 1.165) is 23.8 Å². The summed E-state index contributed by atoms with van der Waals surface area (Å²) < 4.78 is 1.77. The van der Waals surface area contributed by atoms with Crippen molar-refractivity contribution >= 4 is 11.6 Å². The van der Waals surface area contributed by atoms with Crippen molar-refractivity contribution in [2.24, 2.45) is 12.9 Å². The molecule has 0 aliphatic heterocycles. The van der Waals surface area contributed by atoms with Crippen LogP contribution in [0.15, 0.2) is 18.3 Å². The highest BCUT2D eigenvalue weighted by Crippen LogP contribution is 2.11. The van der Waals surface area contributed by atoms with Gasteiger partial charge in [0.25, 0.3) is 0 Å². The zero-order chi connectivity index (χ0) is 13.0. The van der Waals surface area contributed by atoms with Gasteiger partial charge in [0.2, 0.25) is 0 Å². The molecule has 2 aromatic rings. The molecule has 0 aliphatic carbocycles. The number of nitrogen functional groups attached to an aromatic ring is 1. The molecule has 0 amide bonds. The van der Waals surface area contributed by atoms with Crippen LogP contribution in [0.1, 0.15) is 18.4 Å². The fourth-order valence-electron chi connectivity index (χ4n) is 1.56. The number of hydrazine groups is 1. The Morgan fingerprint density at radius 1 is 1.33 bits per heavy atom. The lowest BCUT2D eigenvalue weighted by Gasteiger charge is -2.07. The lowest BCUT2D eigenvalue weighted by Crippen LogP contribution is -2.12. The first-order chi connectivity index (χ1) is 8.71. The number of nitrogens with one attached hydrogen (secondary N) is 2. The van der Waals surface area contributed by atoms with E-state index in [0.29, 0.717) is 12.4 Å². The Morgan fingerprint density at radius 2 is 2.11 bits per heavy atom. The van der Waals surface area contributed by atoms with E-state index in [1.165, 1.54) is 0 Å². The molecule has 0 radical (unpaired) electrons. The molecule has 0 unspecified atom stereocenters. The van der Waals surface area contributed by atoms with Crippen molar-refractivity contribution in [1.82, 2.24) is 19.7 Å². The van der Waals surface area contributed by atoms with Gasteiger partial charge in [-0.2, -0.15) is 5.10 Å². The molecule has 96 valence electrons. The van der Waals surface area contributed by atoms with Crippen molar-refractivity contribution in [3.05, 3.63) is 29.8 Å². The number of hydrogen-bond acceptors (Lipinski definition) is 6. The van der Waals surface area contributed by atoms with Gasteiger partial charge in [-0.1, -0.05) is 6.92 Å². The van der Waals surface area contributed by atoms with Crippen molar-refractivity contribution < 1.29 is 0 Å². The van der Waals surface area contributed by atoms with Gasteiger partial charge in [-0.05, 0) is 6.07 Å². The summed E-state index contributed by atoms with van der Waals surface area (Å²) in [5.41, 5.74) is 3.49. The van der Waals surface area contributed by atoms with Crippen LogP contribution in [0.2, 0.25) is 0 Å². The van der Waals surface area contributed by atoms with E-state index in [4.69, 9.17) is 5.84 Å². The Bertz CT molecular complexity index is 498. The van der Waals surface area contributed by atoms with Gasteiger partial charge >= 0.3 is 0 Å². The quantitative estimate of drug-likeness (QED) is 0.531. The summed E-state index contributed by atoms with van der Waals surface area (Å²) in [5.74, 6) is 7.45. The van der Waals surface area contributed by atoms with Crippen molar-refractivity contribution in [3.63, 3.8) is 0 Å². The Balaban J connectivity index is 2.08. The Morgan fingerprint density at radius 3 is 2.72 bits per heavy atom. The van der Waals surface area contributed by atoms with E-state index >= 15 is 0 Å². The minimum atomic E-state index is 0.602. The second-order valence-electron chi connectivity index (χ2n) is 3.89. The average molecular weight is 247 g/mol. The summed E-state index contributed by atoms with van der Waals surface area (Å²) >= 11 is 0. The summed E-state index contributed by atoms with van der Waals surface area (Å²) in [6, 6.07) is 3.72. The predicted octanol–water partition coefficient (Wildman–Crippen LogP) is 0.670. The predicted molar refractivity (Wildman–Crippen MR) is 69.8 cm³/mol. The number of nitrogens with two attached hydrogens (primary N) is 1. The number of anilines is 2. The number of hydrogen-bond donors (Lipinski definition) is 3. The van der Waals surface area contributed by atoms with E-state index in [9.17, 15) is 0 Å². The van der Waals surface area contributed by atoms with E-state index < -0.39 is 0 Å². The van der Waals surface area contributed by atoms with E-state index in [2.05, 4.69) is 25.8 Å². The van der Waals surface area contributed by atoms with Crippen molar-refractivity contribution in [2.45, 2.75) is 19.9 Å². The molecule has 0 atom stereocenters. The summed E-state index contributed by atoms with van der Waals surface area (Å²) in [4.78, 5) is 8.59. The number of rotatable bonds is 5. The molecule has 2 heterocycles. The van der Waals surface area contributed by atoms with E-state index in [1.807, 2.05) is 26.2 Å². The fraction of sp³-hybridized carbons (Fsp3) is 0.364. The van der Waals surface area contributed by atoms with Crippen LogP contribution in [-0.4, -0.2) is 19.7 Å². The molecular formula is C11H17N7. The third kappa shape index (κ3) is 2.95. The maximum absolute atomic E-state index is 5.37. The van der Waals surface area contributed by atoms with Gasteiger partial charge in [-0.15, -0.1) is 0 Å². The molecule has 7 nitrogen and oxygen atoms in total. The molecule has 0 fully saturated rings. The maximum Gasteiger partial charge on any atom is 0.145 e. The first kappa shape index (κ1) is 12.3. The molecule has 2 aromatic heterocycles. The summed E-state index contributed by atoms with van der Waals surface area (Å²) in [7, 11) is 1.89. The second kappa shape index (κ2) is 5.46. The van der Waals surface area contributed by atoms with E-state index in [-0.39, 0.29) is 0 Å². The van der Waals surface area contributed by atoms with Crippen molar-refractivity contribution in [2.75, 3.05) is 10.7 Å². The number of aryl methyl sites for hydroxylation is 2. The van der Waals surface area contributed by atoms with Crippen LogP contribution < -0.4 is 16.6 Å². The number of nitrogens with zero attached hydrogens (tertiary/aromatic N) is 4. The maximum atomic E-state index is 5.37. The van der Waals surface area contributed by atoms with Gasteiger partial charge in [0, 0.05) is 25.7 Å². The van der Waals surface area contributed by atoms with Crippen molar-refractivity contribution in [3.8, 4) is 0 Å². The zero-order valence-electron chi connectivity index (χ0n) is 10.5. The third-order valence-corrected chi connectivity index (χ3v) is 2.46. The van der Waals surface area contributed by atoms with Gasteiger partial charge in [0.05, 0.1) is 12.2 Å². The van der Waals surface area contributed by atoms with Crippen LogP contribution in [0.5, 0.6) is 0 Å². The second-order valence-corrected chi connectivity index (χ2v) is 3.89. The highest BCUT2D eigenvalue weighted by atomic mass is 15.3. The zero-order valence-corrected chi connectivity index (χ0v) is 10.5. The van der Waals surface area contributed by atoms with Gasteiger partial charge in [0.15, 0.2) is 0 Å². The normalized spacial score (nSPS) is 10.4. The van der Waals surface area contributed by atoms with Crippen LogP contribution >= 0.6 is 0 Å². The smallest absolute Gasteiger partial charge is 0.145 e. The SMILES string of the molecule is CCc1nc(NN)cc(NCc2ccn(C)n2)n1. The molecule has 4 N–H and O–H groups in total. The Labute approximate surface area is 105 Å². The molecule has 0 saturated heterocycles.